The van der Waals surface area contributed by atoms with Gasteiger partial charge < -0.3 is 9.04 Å². The molecule has 0 saturated heterocycles. The lowest BCUT2D eigenvalue weighted by Gasteiger charge is -2.23. The number of aryl methyl sites for hydroxylation is 1. The zero-order valence-corrected chi connectivity index (χ0v) is 19.5. The molecule has 0 atom stereocenters. The average Bonchev–Trinajstić information content (AvgIpc) is 2.73. The van der Waals surface area contributed by atoms with E-state index >= 15 is 4.39 Å². The number of ether oxygens (including phenoxy) is 1. The van der Waals surface area contributed by atoms with Gasteiger partial charge >= 0.3 is 5.97 Å². The molecule has 0 bridgehead atoms. The number of halogens is 3. The van der Waals surface area contributed by atoms with Crippen molar-refractivity contribution in [2.45, 2.75) is 20.3 Å². The van der Waals surface area contributed by atoms with Crippen molar-refractivity contribution in [1.82, 2.24) is 4.57 Å². The summed E-state index contributed by atoms with van der Waals surface area (Å²) in [6, 6.07) is 7.59. The lowest BCUT2D eigenvalue weighted by atomic mass is 10.0. The molecule has 3 rings (SSSR count). The second kappa shape index (κ2) is 10.2. The monoisotopic (exact) mass is 490 g/mol. The van der Waals surface area contributed by atoms with Crippen molar-refractivity contribution in [3.05, 3.63) is 92.5 Å². The molecule has 1 aromatic heterocycles. The predicted octanol–water partition coefficient (Wildman–Crippen LogP) is 4.18. The highest BCUT2D eigenvalue weighted by Gasteiger charge is 2.25. The Hall–Kier alpha value is -3.53. The fraction of sp³-hybridized carbons (Fsp3) is 0.208. The summed E-state index contributed by atoms with van der Waals surface area (Å²) in [5.41, 5.74) is -0.419. The third kappa shape index (κ3) is 5.17. The molecule has 0 unspecified atom stereocenters. The van der Waals surface area contributed by atoms with Crippen LogP contribution in [0.5, 0.6) is 0 Å². The molecule has 178 valence electrons. The molecule has 3 aromatic rings. The van der Waals surface area contributed by atoms with Crippen LogP contribution in [0.4, 0.5) is 19.0 Å². The minimum Gasteiger partial charge on any atom is -0.466 e. The number of pyridine rings is 1. The SMILES string of the molecule is CC(=O)OCCc1cc(C)c(-n2c(N(C)S)c(C(=O)c3ccc(F)cc3F)ccc2=O)c(F)c1. The van der Waals surface area contributed by atoms with Crippen molar-refractivity contribution in [2.75, 3.05) is 18.0 Å². The Balaban J connectivity index is 2.17. The van der Waals surface area contributed by atoms with Gasteiger partial charge in [0.15, 0.2) is 5.78 Å². The second-order valence-corrected chi connectivity index (χ2v) is 8.15. The molecule has 0 N–H and O–H groups in total. The van der Waals surface area contributed by atoms with E-state index in [-0.39, 0.29) is 30.1 Å². The molecule has 0 aliphatic heterocycles. The highest BCUT2D eigenvalue weighted by molar-refractivity contribution is 7.81. The van der Waals surface area contributed by atoms with Crippen LogP contribution in [0.15, 0.2) is 47.3 Å². The second-order valence-electron chi connectivity index (χ2n) is 7.55. The Morgan fingerprint density at radius 3 is 2.29 bits per heavy atom. The summed E-state index contributed by atoms with van der Waals surface area (Å²) in [5, 5.41) is 0. The predicted molar refractivity (Wildman–Crippen MR) is 124 cm³/mol. The standard InChI is InChI=1S/C24H21F3N2O4S/c1-13-10-15(8-9-33-14(2)30)11-20(27)22(13)29-21(31)7-6-18(24(29)28(3)34)23(32)17-5-4-16(25)12-19(17)26/h4-7,10-12,34H,8-9H2,1-3H3. The van der Waals surface area contributed by atoms with Gasteiger partial charge in [-0.05, 0) is 42.3 Å². The summed E-state index contributed by atoms with van der Waals surface area (Å²) in [5.74, 6) is -4.07. The van der Waals surface area contributed by atoms with Crippen LogP contribution in [0, 0.1) is 24.4 Å². The van der Waals surface area contributed by atoms with Gasteiger partial charge in [0.2, 0.25) is 0 Å². The van der Waals surface area contributed by atoms with Crippen LogP contribution in [-0.2, 0) is 16.0 Å². The van der Waals surface area contributed by atoms with Crippen LogP contribution in [0.2, 0.25) is 0 Å². The topological polar surface area (TPSA) is 68.6 Å². The van der Waals surface area contributed by atoms with Gasteiger partial charge in [0.1, 0.15) is 23.3 Å². The third-order valence-electron chi connectivity index (χ3n) is 5.03. The summed E-state index contributed by atoms with van der Waals surface area (Å²) < 4.78 is 49.9. The minimum atomic E-state index is -1.07. The zero-order chi connectivity index (χ0) is 25.2. The number of esters is 1. The highest BCUT2D eigenvalue weighted by atomic mass is 32.1. The Morgan fingerprint density at radius 2 is 1.71 bits per heavy atom. The van der Waals surface area contributed by atoms with Crippen LogP contribution in [-0.4, -0.2) is 30.0 Å². The highest BCUT2D eigenvalue weighted by Crippen LogP contribution is 2.29. The Kier molecular flexibility index (Phi) is 7.51. The molecule has 0 radical (unpaired) electrons. The summed E-state index contributed by atoms with van der Waals surface area (Å²) in [4.78, 5) is 36.9. The smallest absolute Gasteiger partial charge is 0.302 e. The van der Waals surface area contributed by atoms with E-state index in [0.29, 0.717) is 17.2 Å². The number of rotatable bonds is 7. The van der Waals surface area contributed by atoms with Gasteiger partial charge in [-0.3, -0.25) is 19.0 Å². The van der Waals surface area contributed by atoms with E-state index in [2.05, 4.69) is 12.8 Å². The molecule has 6 nitrogen and oxygen atoms in total. The normalized spacial score (nSPS) is 10.8. The number of carbonyl (C=O) groups is 2. The zero-order valence-electron chi connectivity index (χ0n) is 18.6. The average molecular weight is 491 g/mol. The van der Waals surface area contributed by atoms with E-state index in [9.17, 15) is 23.2 Å². The van der Waals surface area contributed by atoms with Gasteiger partial charge in [-0.25, -0.2) is 13.2 Å². The van der Waals surface area contributed by atoms with Gasteiger partial charge in [0, 0.05) is 32.5 Å². The number of carbonyl (C=O) groups excluding carboxylic acids is 2. The maximum Gasteiger partial charge on any atom is 0.302 e. The van der Waals surface area contributed by atoms with E-state index in [0.717, 1.165) is 27.1 Å². The number of ketones is 1. The van der Waals surface area contributed by atoms with E-state index in [1.54, 1.807) is 13.0 Å². The molecule has 2 aromatic carbocycles. The Morgan fingerprint density at radius 1 is 1.03 bits per heavy atom. The molecular formula is C24H21F3N2O4S. The largest absolute Gasteiger partial charge is 0.466 e. The van der Waals surface area contributed by atoms with Crippen molar-refractivity contribution in [1.29, 1.82) is 0 Å². The van der Waals surface area contributed by atoms with E-state index in [1.807, 2.05) is 0 Å². The van der Waals surface area contributed by atoms with Crippen LogP contribution in [0.1, 0.15) is 34.0 Å². The fourth-order valence-corrected chi connectivity index (χ4v) is 3.80. The first-order chi connectivity index (χ1) is 16.0. The fourth-order valence-electron chi connectivity index (χ4n) is 3.61. The van der Waals surface area contributed by atoms with Crippen LogP contribution in [0.3, 0.4) is 0 Å². The first kappa shape index (κ1) is 25.1. The first-order valence-electron chi connectivity index (χ1n) is 10.1. The summed E-state index contributed by atoms with van der Waals surface area (Å²) >= 11 is 4.22. The number of hydrogen-bond acceptors (Lipinski definition) is 6. The Bertz CT molecular complexity index is 1320. The molecule has 0 spiro atoms. The van der Waals surface area contributed by atoms with Crippen LogP contribution >= 0.6 is 12.8 Å². The number of hydrogen-bond donors (Lipinski definition) is 1. The van der Waals surface area contributed by atoms with E-state index in [1.165, 1.54) is 26.1 Å². The van der Waals surface area contributed by atoms with Crippen molar-refractivity contribution >= 4 is 30.4 Å². The molecule has 10 heteroatoms. The third-order valence-corrected chi connectivity index (χ3v) is 5.22. The Labute approximate surface area is 199 Å². The van der Waals surface area contributed by atoms with E-state index < -0.39 is 40.3 Å². The lowest BCUT2D eigenvalue weighted by molar-refractivity contribution is -0.140. The molecule has 1 heterocycles. The molecule has 34 heavy (non-hydrogen) atoms. The van der Waals surface area contributed by atoms with Gasteiger partial charge in [-0.15, -0.1) is 0 Å². The van der Waals surface area contributed by atoms with Crippen LogP contribution in [0.25, 0.3) is 5.69 Å². The molecular weight excluding hydrogens is 469 g/mol. The molecule has 0 fully saturated rings. The van der Waals surface area contributed by atoms with Gasteiger partial charge in [0.05, 0.1) is 23.4 Å². The van der Waals surface area contributed by atoms with E-state index in [4.69, 9.17) is 4.74 Å². The maximum absolute atomic E-state index is 15.3. The molecule has 0 aliphatic carbocycles. The maximum atomic E-state index is 15.3. The number of benzene rings is 2. The summed E-state index contributed by atoms with van der Waals surface area (Å²) in [6.45, 7) is 2.91. The first-order valence-corrected chi connectivity index (χ1v) is 10.5. The van der Waals surface area contributed by atoms with Crippen LogP contribution < -0.4 is 9.86 Å². The molecule has 0 amide bonds. The number of aromatic nitrogens is 1. The van der Waals surface area contributed by atoms with Gasteiger partial charge in [-0.2, -0.15) is 0 Å². The lowest BCUT2D eigenvalue weighted by Crippen LogP contribution is -2.27. The number of nitrogens with zero attached hydrogens (tertiary/aromatic N) is 2. The van der Waals surface area contributed by atoms with Crippen molar-refractivity contribution in [2.24, 2.45) is 0 Å². The number of anilines is 1. The van der Waals surface area contributed by atoms with Crippen molar-refractivity contribution in [3.63, 3.8) is 0 Å². The summed E-state index contributed by atoms with van der Waals surface area (Å²) in [6.07, 6.45) is 0.258. The van der Waals surface area contributed by atoms with Gasteiger partial charge in [0.25, 0.3) is 5.56 Å². The quantitative estimate of drug-likeness (QED) is 0.306. The minimum absolute atomic E-state index is 0.0609. The van der Waals surface area contributed by atoms with Gasteiger partial charge in [-0.1, -0.05) is 18.9 Å². The molecule has 0 saturated carbocycles. The van der Waals surface area contributed by atoms with Crippen molar-refractivity contribution < 1.29 is 27.5 Å². The summed E-state index contributed by atoms with van der Waals surface area (Å²) in [7, 11) is 1.42. The number of thiol groups is 1. The molecule has 0 aliphatic rings. The van der Waals surface area contributed by atoms with Crippen molar-refractivity contribution in [3.8, 4) is 5.69 Å².